The van der Waals surface area contributed by atoms with Gasteiger partial charge in [-0.05, 0) is 6.42 Å². The van der Waals surface area contributed by atoms with Gasteiger partial charge in [0.15, 0.2) is 12.0 Å². The molecule has 0 nitrogen and oxygen atoms in total. The molecule has 0 rings (SSSR count). The van der Waals surface area contributed by atoms with Crippen molar-refractivity contribution in [3.05, 3.63) is 11.9 Å². The number of rotatable bonds is 13. The highest BCUT2D eigenvalue weighted by atomic mass is 19.3. The molecule has 26 heavy (non-hydrogen) atoms. The topological polar surface area (TPSA) is 0 Å². The zero-order valence-corrected chi connectivity index (χ0v) is 14.2. The SMILES string of the molecule is CCCCCCCCC(F)(F)C(F)(F)CC(F)C(F)(F)CC(F)=C(F)F. The molecule has 0 aromatic rings. The maximum Gasteiger partial charge on any atom is 0.313 e. The van der Waals surface area contributed by atoms with Crippen molar-refractivity contribution < 1.29 is 43.9 Å². The Labute approximate surface area is 145 Å². The van der Waals surface area contributed by atoms with Crippen LogP contribution >= 0.6 is 0 Å². The standard InChI is InChI=1S/C16H22F10/c1-2-3-4-5-6-7-8-15(23,24)16(25,26)10-12(18)14(21,22)9-11(17)13(19)20/h12H,2-10H2,1H3. The fourth-order valence-corrected chi connectivity index (χ4v) is 2.22. The molecule has 0 heterocycles. The van der Waals surface area contributed by atoms with Crippen LogP contribution in [0.25, 0.3) is 0 Å². The molecule has 0 bridgehead atoms. The van der Waals surface area contributed by atoms with E-state index in [-0.39, 0.29) is 12.8 Å². The van der Waals surface area contributed by atoms with Gasteiger partial charge in [0.2, 0.25) is 0 Å². The van der Waals surface area contributed by atoms with Crippen LogP contribution < -0.4 is 0 Å². The third kappa shape index (κ3) is 8.16. The molecular weight excluding hydrogens is 382 g/mol. The highest BCUT2D eigenvalue weighted by molar-refractivity contribution is 5.00. The van der Waals surface area contributed by atoms with Crippen LogP contribution in [0.15, 0.2) is 11.9 Å². The Morgan fingerprint density at radius 3 is 1.77 bits per heavy atom. The van der Waals surface area contributed by atoms with Crippen LogP contribution in [-0.2, 0) is 0 Å². The zero-order chi connectivity index (χ0) is 20.6. The van der Waals surface area contributed by atoms with Crippen molar-refractivity contribution in [3.63, 3.8) is 0 Å². The number of allylic oxidation sites excluding steroid dienone is 1. The van der Waals surface area contributed by atoms with E-state index in [2.05, 4.69) is 0 Å². The summed E-state index contributed by atoms with van der Waals surface area (Å²) < 4.78 is 130. The first-order chi connectivity index (χ1) is 11.8. The van der Waals surface area contributed by atoms with Gasteiger partial charge in [-0.3, -0.25) is 0 Å². The van der Waals surface area contributed by atoms with Gasteiger partial charge < -0.3 is 0 Å². The number of halogens is 10. The minimum absolute atomic E-state index is 0.229. The van der Waals surface area contributed by atoms with Gasteiger partial charge in [0.25, 0.3) is 5.92 Å². The number of hydrogen-bond acceptors (Lipinski definition) is 0. The highest BCUT2D eigenvalue weighted by Gasteiger charge is 2.59. The Balaban J connectivity index is 4.73. The Morgan fingerprint density at radius 2 is 1.27 bits per heavy atom. The number of unbranched alkanes of at least 4 members (excludes halogenated alkanes) is 5. The van der Waals surface area contributed by atoms with E-state index in [9.17, 15) is 43.9 Å². The minimum atomic E-state index is -5.12. The third-order valence-corrected chi connectivity index (χ3v) is 3.87. The lowest BCUT2D eigenvalue weighted by molar-refractivity contribution is -0.233. The van der Waals surface area contributed by atoms with E-state index in [1.165, 1.54) is 0 Å². The summed E-state index contributed by atoms with van der Waals surface area (Å²) in [6.45, 7) is 1.92. The number of hydrogen-bond donors (Lipinski definition) is 0. The first-order valence-corrected chi connectivity index (χ1v) is 8.24. The predicted molar refractivity (Wildman–Crippen MR) is 77.3 cm³/mol. The van der Waals surface area contributed by atoms with Gasteiger partial charge in [-0.15, -0.1) is 0 Å². The van der Waals surface area contributed by atoms with Crippen molar-refractivity contribution in [2.24, 2.45) is 0 Å². The summed E-state index contributed by atoms with van der Waals surface area (Å²) >= 11 is 0. The van der Waals surface area contributed by atoms with Crippen LogP contribution in [0.2, 0.25) is 0 Å². The van der Waals surface area contributed by atoms with E-state index >= 15 is 0 Å². The van der Waals surface area contributed by atoms with Crippen LogP contribution in [0.1, 0.15) is 64.7 Å². The van der Waals surface area contributed by atoms with E-state index in [0.717, 1.165) is 19.3 Å². The molecule has 0 N–H and O–H groups in total. The lowest BCUT2D eigenvalue weighted by Gasteiger charge is -2.30. The molecule has 0 amide bonds. The normalized spacial score (nSPS) is 14.4. The smallest absolute Gasteiger partial charge is 0.241 e. The van der Waals surface area contributed by atoms with Crippen LogP contribution in [0.5, 0.6) is 0 Å². The Morgan fingerprint density at radius 1 is 0.769 bits per heavy atom. The molecular formula is C16H22F10. The molecule has 0 fully saturated rings. The summed E-state index contributed by atoms with van der Waals surface area (Å²) in [4.78, 5) is 0. The highest BCUT2D eigenvalue weighted by Crippen LogP contribution is 2.45. The van der Waals surface area contributed by atoms with E-state index in [4.69, 9.17) is 0 Å². The molecule has 1 atom stereocenters. The summed E-state index contributed by atoms with van der Waals surface area (Å²) in [5.41, 5.74) is 0. The Kier molecular flexibility index (Phi) is 10.0. The molecule has 0 aliphatic heterocycles. The quantitative estimate of drug-likeness (QED) is 0.217. The lowest BCUT2D eigenvalue weighted by Crippen LogP contribution is -2.45. The summed E-state index contributed by atoms with van der Waals surface area (Å²) in [7, 11) is 0. The van der Waals surface area contributed by atoms with Crippen molar-refractivity contribution >= 4 is 0 Å². The van der Waals surface area contributed by atoms with Crippen LogP contribution in [0, 0.1) is 0 Å². The molecule has 0 saturated heterocycles. The largest absolute Gasteiger partial charge is 0.313 e. The van der Waals surface area contributed by atoms with Crippen LogP contribution in [0.3, 0.4) is 0 Å². The van der Waals surface area contributed by atoms with Gasteiger partial charge >= 0.3 is 17.9 Å². The molecule has 0 aliphatic rings. The third-order valence-electron chi connectivity index (χ3n) is 3.87. The molecule has 0 aromatic carbocycles. The van der Waals surface area contributed by atoms with E-state index in [0.29, 0.717) is 6.42 Å². The average Bonchev–Trinajstić information content (AvgIpc) is 2.49. The average molecular weight is 404 g/mol. The molecule has 0 aliphatic carbocycles. The van der Waals surface area contributed by atoms with Crippen molar-refractivity contribution in [2.45, 2.75) is 88.7 Å². The van der Waals surface area contributed by atoms with Gasteiger partial charge in [0.1, 0.15) is 0 Å². The van der Waals surface area contributed by atoms with Crippen molar-refractivity contribution in [1.29, 1.82) is 0 Å². The Bertz CT molecular complexity index is 440. The van der Waals surface area contributed by atoms with Gasteiger partial charge in [0, 0.05) is 6.42 Å². The van der Waals surface area contributed by atoms with Crippen LogP contribution in [-0.4, -0.2) is 23.9 Å². The van der Waals surface area contributed by atoms with Crippen LogP contribution in [0.4, 0.5) is 43.9 Å². The predicted octanol–water partition coefficient (Wildman–Crippen LogP) is 7.84. The summed E-state index contributed by atoms with van der Waals surface area (Å²) in [5, 5.41) is 0. The Hall–Kier alpha value is -0.960. The second-order valence-electron chi connectivity index (χ2n) is 6.20. The first-order valence-electron chi connectivity index (χ1n) is 8.24. The van der Waals surface area contributed by atoms with E-state index in [1.807, 2.05) is 6.92 Å². The molecule has 0 spiro atoms. The maximum atomic E-state index is 13.6. The number of alkyl halides is 7. The first kappa shape index (κ1) is 25.0. The van der Waals surface area contributed by atoms with Crippen molar-refractivity contribution in [3.8, 4) is 0 Å². The van der Waals surface area contributed by atoms with Gasteiger partial charge in [0.05, 0.1) is 12.8 Å². The van der Waals surface area contributed by atoms with E-state index in [1.54, 1.807) is 0 Å². The minimum Gasteiger partial charge on any atom is -0.241 e. The van der Waals surface area contributed by atoms with Gasteiger partial charge in [-0.2, -0.15) is 26.3 Å². The van der Waals surface area contributed by atoms with Gasteiger partial charge in [-0.1, -0.05) is 39.0 Å². The molecule has 10 heteroatoms. The lowest BCUT2D eigenvalue weighted by atomic mass is 9.96. The zero-order valence-electron chi connectivity index (χ0n) is 14.2. The maximum absolute atomic E-state index is 13.6. The molecule has 0 aromatic heterocycles. The molecule has 1 unspecified atom stereocenters. The fourth-order valence-electron chi connectivity index (χ4n) is 2.22. The second-order valence-corrected chi connectivity index (χ2v) is 6.20. The fraction of sp³-hybridized carbons (Fsp3) is 0.875. The summed E-state index contributed by atoms with van der Waals surface area (Å²) in [5.74, 6) is -17.5. The monoisotopic (exact) mass is 404 g/mol. The molecule has 0 radical (unpaired) electrons. The second kappa shape index (κ2) is 10.4. The van der Waals surface area contributed by atoms with E-state index < -0.39 is 55.1 Å². The summed E-state index contributed by atoms with van der Waals surface area (Å²) in [6, 6.07) is 0. The molecule has 156 valence electrons. The van der Waals surface area contributed by atoms with Crippen molar-refractivity contribution in [1.82, 2.24) is 0 Å². The van der Waals surface area contributed by atoms with Crippen molar-refractivity contribution in [2.75, 3.05) is 0 Å². The summed E-state index contributed by atoms with van der Waals surface area (Å²) in [6.07, 6.45) is -10.5. The molecule has 0 saturated carbocycles. The van der Waals surface area contributed by atoms with Gasteiger partial charge in [-0.25, -0.2) is 17.6 Å².